The molecule has 1 aromatic rings. The zero-order chi connectivity index (χ0) is 13.7. The first kappa shape index (κ1) is 14.1. The van der Waals surface area contributed by atoms with Gasteiger partial charge in [0, 0.05) is 26.3 Å². The van der Waals surface area contributed by atoms with Crippen LogP contribution in [-0.2, 0) is 11.2 Å². The van der Waals surface area contributed by atoms with E-state index in [-0.39, 0.29) is 5.60 Å². The zero-order valence-corrected chi connectivity index (χ0v) is 12.1. The Morgan fingerprint density at radius 2 is 2.05 bits per heavy atom. The summed E-state index contributed by atoms with van der Waals surface area (Å²) in [5.41, 5.74) is 1.17. The molecular formula is C14H24N4O. The third kappa shape index (κ3) is 2.97. The maximum Gasteiger partial charge on any atom is 0.134 e. The molecule has 1 heterocycles. The predicted octanol–water partition coefficient (Wildman–Crippen LogP) is 2.45. The van der Waals surface area contributed by atoms with Crippen molar-refractivity contribution in [1.29, 1.82) is 0 Å². The molecule has 0 atom stereocenters. The van der Waals surface area contributed by atoms with Crippen LogP contribution in [-0.4, -0.2) is 36.3 Å². The van der Waals surface area contributed by atoms with Gasteiger partial charge in [0.2, 0.25) is 0 Å². The van der Waals surface area contributed by atoms with Gasteiger partial charge in [0.1, 0.15) is 18.0 Å². The maximum atomic E-state index is 5.63. The summed E-state index contributed by atoms with van der Waals surface area (Å²) in [6.45, 7) is 2.99. The summed E-state index contributed by atoms with van der Waals surface area (Å²) in [5, 5.41) is 6.59. The van der Waals surface area contributed by atoms with E-state index in [1.54, 1.807) is 13.4 Å². The smallest absolute Gasteiger partial charge is 0.134 e. The van der Waals surface area contributed by atoms with Crippen molar-refractivity contribution in [2.24, 2.45) is 0 Å². The Hall–Kier alpha value is -1.36. The number of anilines is 2. The fraction of sp³-hybridized carbons (Fsp3) is 0.714. The molecule has 1 saturated carbocycles. The van der Waals surface area contributed by atoms with Crippen LogP contribution >= 0.6 is 0 Å². The molecular weight excluding hydrogens is 240 g/mol. The number of hydrogen-bond donors (Lipinski definition) is 2. The summed E-state index contributed by atoms with van der Waals surface area (Å²) >= 11 is 0. The minimum absolute atomic E-state index is 0.00818. The molecule has 0 amide bonds. The number of methoxy groups -OCH3 is 1. The van der Waals surface area contributed by atoms with E-state index in [4.69, 9.17) is 4.74 Å². The highest BCUT2D eigenvalue weighted by Crippen LogP contribution is 2.35. The SMILES string of the molecule is CCCc1c(NC)ncnc1NCC1(OC)CCC1. The number of nitrogens with zero attached hydrogens (tertiary/aromatic N) is 2. The normalized spacial score (nSPS) is 16.8. The van der Waals surface area contributed by atoms with Crippen molar-refractivity contribution in [2.45, 2.75) is 44.6 Å². The first-order valence-corrected chi connectivity index (χ1v) is 7.05. The van der Waals surface area contributed by atoms with Gasteiger partial charge in [-0.15, -0.1) is 0 Å². The molecule has 0 spiro atoms. The van der Waals surface area contributed by atoms with Gasteiger partial charge in [-0.1, -0.05) is 13.3 Å². The summed E-state index contributed by atoms with van der Waals surface area (Å²) in [6.07, 6.45) is 7.16. The van der Waals surface area contributed by atoms with Crippen LogP contribution in [0.4, 0.5) is 11.6 Å². The highest BCUT2D eigenvalue weighted by Gasteiger charge is 2.36. The Balaban J connectivity index is 2.10. The van der Waals surface area contributed by atoms with Crippen LogP contribution in [0.2, 0.25) is 0 Å². The molecule has 0 radical (unpaired) electrons. The Morgan fingerprint density at radius 3 is 2.58 bits per heavy atom. The molecule has 0 aromatic carbocycles. The highest BCUT2D eigenvalue weighted by atomic mass is 16.5. The average Bonchev–Trinajstić information content (AvgIpc) is 2.39. The lowest BCUT2D eigenvalue weighted by molar-refractivity contribution is -0.0601. The van der Waals surface area contributed by atoms with E-state index in [0.29, 0.717) is 0 Å². The summed E-state index contributed by atoms with van der Waals surface area (Å²) in [6, 6.07) is 0. The molecule has 0 unspecified atom stereocenters. The van der Waals surface area contributed by atoms with E-state index >= 15 is 0 Å². The second kappa shape index (κ2) is 6.19. The molecule has 1 fully saturated rings. The minimum atomic E-state index is 0.00818. The summed E-state index contributed by atoms with van der Waals surface area (Å²) in [7, 11) is 3.70. The lowest BCUT2D eigenvalue weighted by Gasteiger charge is -2.40. The van der Waals surface area contributed by atoms with Gasteiger partial charge in [-0.3, -0.25) is 0 Å². The molecule has 0 aliphatic heterocycles. The summed E-state index contributed by atoms with van der Waals surface area (Å²) < 4.78 is 5.63. The Labute approximate surface area is 115 Å². The quantitative estimate of drug-likeness (QED) is 0.792. The van der Waals surface area contributed by atoms with Crippen molar-refractivity contribution < 1.29 is 4.74 Å². The predicted molar refractivity (Wildman–Crippen MR) is 77.7 cm³/mol. The van der Waals surface area contributed by atoms with Gasteiger partial charge < -0.3 is 15.4 Å². The first-order chi connectivity index (χ1) is 9.24. The van der Waals surface area contributed by atoms with E-state index < -0.39 is 0 Å². The van der Waals surface area contributed by atoms with Crippen LogP contribution in [0.25, 0.3) is 0 Å². The standard InChI is InChI=1S/C14H24N4O/c1-4-6-11-12(15-2)17-10-18-13(11)16-9-14(19-3)7-5-8-14/h10H,4-9H2,1-3H3,(H2,15,16,17,18). The Kier molecular flexibility index (Phi) is 4.58. The van der Waals surface area contributed by atoms with Crippen LogP contribution < -0.4 is 10.6 Å². The van der Waals surface area contributed by atoms with Crippen LogP contribution in [0.15, 0.2) is 6.33 Å². The molecule has 0 saturated heterocycles. The molecule has 1 aromatic heterocycles. The Bertz CT molecular complexity index is 412. The van der Waals surface area contributed by atoms with E-state index in [9.17, 15) is 0 Å². The fourth-order valence-electron chi connectivity index (χ4n) is 2.54. The largest absolute Gasteiger partial charge is 0.376 e. The molecule has 5 nitrogen and oxygen atoms in total. The minimum Gasteiger partial charge on any atom is -0.376 e. The Morgan fingerprint density at radius 1 is 1.32 bits per heavy atom. The maximum absolute atomic E-state index is 5.63. The van der Waals surface area contributed by atoms with Crippen molar-refractivity contribution in [3.8, 4) is 0 Å². The lowest BCUT2D eigenvalue weighted by atomic mass is 9.80. The van der Waals surface area contributed by atoms with Gasteiger partial charge in [-0.2, -0.15) is 0 Å². The summed E-state index contributed by atoms with van der Waals surface area (Å²) in [4.78, 5) is 8.67. The van der Waals surface area contributed by atoms with Gasteiger partial charge in [0.05, 0.1) is 5.60 Å². The molecule has 5 heteroatoms. The van der Waals surface area contributed by atoms with E-state index in [1.807, 2.05) is 7.05 Å². The van der Waals surface area contributed by atoms with Crippen LogP contribution in [0, 0.1) is 0 Å². The van der Waals surface area contributed by atoms with Crippen LogP contribution in [0.3, 0.4) is 0 Å². The van der Waals surface area contributed by atoms with Crippen molar-refractivity contribution in [3.63, 3.8) is 0 Å². The van der Waals surface area contributed by atoms with Gasteiger partial charge in [-0.05, 0) is 25.7 Å². The molecule has 2 rings (SSSR count). The monoisotopic (exact) mass is 264 g/mol. The third-order valence-electron chi connectivity index (χ3n) is 3.96. The molecule has 1 aliphatic rings. The van der Waals surface area contributed by atoms with Crippen LogP contribution in [0.1, 0.15) is 38.2 Å². The lowest BCUT2D eigenvalue weighted by Crippen LogP contribution is -2.45. The molecule has 1 aliphatic carbocycles. The zero-order valence-electron chi connectivity index (χ0n) is 12.1. The summed E-state index contributed by atoms with van der Waals surface area (Å²) in [5.74, 6) is 1.85. The van der Waals surface area contributed by atoms with Gasteiger partial charge in [-0.25, -0.2) is 9.97 Å². The second-order valence-corrected chi connectivity index (χ2v) is 5.14. The van der Waals surface area contributed by atoms with Crippen molar-refractivity contribution >= 4 is 11.6 Å². The van der Waals surface area contributed by atoms with E-state index in [0.717, 1.165) is 49.4 Å². The number of hydrogen-bond acceptors (Lipinski definition) is 5. The van der Waals surface area contributed by atoms with E-state index in [1.165, 1.54) is 6.42 Å². The fourth-order valence-corrected chi connectivity index (χ4v) is 2.54. The average molecular weight is 264 g/mol. The molecule has 106 valence electrons. The van der Waals surface area contributed by atoms with Crippen molar-refractivity contribution in [3.05, 3.63) is 11.9 Å². The second-order valence-electron chi connectivity index (χ2n) is 5.14. The number of ether oxygens (including phenoxy) is 1. The molecule has 0 bridgehead atoms. The van der Waals surface area contributed by atoms with Gasteiger partial charge >= 0.3 is 0 Å². The topological polar surface area (TPSA) is 59.1 Å². The van der Waals surface area contributed by atoms with Gasteiger partial charge in [0.25, 0.3) is 0 Å². The number of nitrogens with one attached hydrogen (secondary N) is 2. The van der Waals surface area contributed by atoms with Crippen LogP contribution in [0.5, 0.6) is 0 Å². The first-order valence-electron chi connectivity index (χ1n) is 7.05. The van der Waals surface area contributed by atoms with E-state index in [2.05, 4.69) is 27.5 Å². The van der Waals surface area contributed by atoms with Crippen molar-refractivity contribution in [2.75, 3.05) is 31.3 Å². The highest BCUT2D eigenvalue weighted by molar-refractivity contribution is 5.57. The molecule has 19 heavy (non-hydrogen) atoms. The molecule has 2 N–H and O–H groups in total. The van der Waals surface area contributed by atoms with Crippen molar-refractivity contribution in [1.82, 2.24) is 9.97 Å². The van der Waals surface area contributed by atoms with Gasteiger partial charge in [0.15, 0.2) is 0 Å². The number of rotatable bonds is 7. The number of aromatic nitrogens is 2. The third-order valence-corrected chi connectivity index (χ3v) is 3.96.